The van der Waals surface area contributed by atoms with Gasteiger partial charge in [-0.2, -0.15) is 0 Å². The Balaban J connectivity index is 2.24. The molecule has 0 aliphatic heterocycles. The minimum atomic E-state index is -0.132. The largest absolute Gasteiger partial charge is 0.335 e. The molecule has 104 valence electrons. The Morgan fingerprint density at radius 3 is 2.35 bits per heavy atom. The molecule has 0 aliphatic rings. The van der Waals surface area contributed by atoms with Crippen molar-refractivity contribution < 1.29 is 4.79 Å². The summed E-state index contributed by atoms with van der Waals surface area (Å²) in [5.41, 5.74) is 1.54. The number of hydrogen-bond donors (Lipinski definition) is 0. The van der Waals surface area contributed by atoms with E-state index in [9.17, 15) is 4.79 Å². The smallest absolute Gasteiger partial charge is 0.254 e. The zero-order valence-corrected chi connectivity index (χ0v) is 12.8. The van der Waals surface area contributed by atoms with E-state index >= 15 is 0 Å². The fourth-order valence-corrected chi connectivity index (χ4v) is 2.58. The van der Waals surface area contributed by atoms with Crippen molar-refractivity contribution in [1.29, 1.82) is 0 Å². The Bertz CT molecular complexity index is 613. The Morgan fingerprint density at radius 1 is 1.10 bits per heavy atom. The average molecular weight is 308 g/mol. The monoisotopic (exact) mass is 307 g/mol. The van der Waals surface area contributed by atoms with Gasteiger partial charge in [-0.3, -0.25) is 4.79 Å². The number of halogens is 2. The first kappa shape index (κ1) is 14.9. The number of amides is 1. The molecule has 2 nitrogen and oxygen atoms in total. The fourth-order valence-electron chi connectivity index (χ4n) is 2.01. The summed E-state index contributed by atoms with van der Waals surface area (Å²) < 4.78 is 0. The van der Waals surface area contributed by atoms with E-state index < -0.39 is 0 Å². The minimum absolute atomic E-state index is 0.0379. The van der Waals surface area contributed by atoms with Crippen molar-refractivity contribution in [2.75, 3.05) is 7.05 Å². The second-order valence-electron chi connectivity index (χ2n) is 4.62. The topological polar surface area (TPSA) is 20.3 Å². The van der Waals surface area contributed by atoms with Crippen LogP contribution in [0.3, 0.4) is 0 Å². The Labute approximate surface area is 128 Å². The van der Waals surface area contributed by atoms with Crippen LogP contribution >= 0.6 is 23.2 Å². The summed E-state index contributed by atoms with van der Waals surface area (Å²) >= 11 is 12.1. The third kappa shape index (κ3) is 3.14. The first-order valence-corrected chi connectivity index (χ1v) is 7.03. The molecule has 0 radical (unpaired) electrons. The third-order valence-corrected chi connectivity index (χ3v) is 3.90. The highest BCUT2D eigenvalue weighted by atomic mass is 35.5. The number of benzene rings is 2. The van der Waals surface area contributed by atoms with Gasteiger partial charge in [0.2, 0.25) is 0 Å². The molecule has 2 aromatic carbocycles. The first-order chi connectivity index (χ1) is 9.50. The van der Waals surface area contributed by atoms with Gasteiger partial charge in [0.15, 0.2) is 0 Å². The van der Waals surface area contributed by atoms with Crippen LogP contribution in [0.4, 0.5) is 0 Å². The molecule has 1 unspecified atom stereocenters. The molecule has 0 aromatic heterocycles. The predicted octanol–water partition coefficient (Wildman–Crippen LogP) is 4.83. The highest BCUT2D eigenvalue weighted by molar-refractivity contribution is 6.35. The lowest BCUT2D eigenvalue weighted by molar-refractivity contribution is 0.0743. The summed E-state index contributed by atoms with van der Waals surface area (Å²) in [7, 11) is 1.77. The number of hydrogen-bond acceptors (Lipinski definition) is 1. The van der Waals surface area contributed by atoms with Crippen LogP contribution in [0.25, 0.3) is 0 Å². The zero-order valence-electron chi connectivity index (χ0n) is 11.3. The van der Waals surface area contributed by atoms with Crippen LogP contribution in [0, 0.1) is 0 Å². The van der Waals surface area contributed by atoms with E-state index in [0.29, 0.717) is 15.6 Å². The Kier molecular flexibility index (Phi) is 4.69. The molecule has 1 amide bonds. The van der Waals surface area contributed by atoms with E-state index in [1.807, 2.05) is 31.2 Å². The second-order valence-corrected chi connectivity index (χ2v) is 5.47. The van der Waals surface area contributed by atoms with Crippen molar-refractivity contribution in [1.82, 2.24) is 4.90 Å². The van der Waals surface area contributed by atoms with Crippen LogP contribution in [0.5, 0.6) is 0 Å². The molecule has 0 N–H and O–H groups in total. The van der Waals surface area contributed by atoms with Gasteiger partial charge in [0.05, 0.1) is 6.04 Å². The number of nitrogens with zero attached hydrogens (tertiary/aromatic N) is 1. The van der Waals surface area contributed by atoms with E-state index in [1.54, 1.807) is 36.2 Å². The van der Waals surface area contributed by atoms with Gasteiger partial charge in [-0.05, 0) is 36.8 Å². The van der Waals surface area contributed by atoms with Crippen molar-refractivity contribution in [3.63, 3.8) is 0 Å². The van der Waals surface area contributed by atoms with Gasteiger partial charge in [0.1, 0.15) is 0 Å². The number of carbonyl (C=O) groups is 1. The van der Waals surface area contributed by atoms with Gasteiger partial charge in [0.25, 0.3) is 5.91 Å². The zero-order chi connectivity index (χ0) is 14.7. The molecule has 2 aromatic rings. The third-order valence-electron chi connectivity index (χ3n) is 3.33. The van der Waals surface area contributed by atoms with Crippen LogP contribution in [0.1, 0.15) is 28.9 Å². The maximum Gasteiger partial charge on any atom is 0.254 e. The van der Waals surface area contributed by atoms with Gasteiger partial charge in [0, 0.05) is 22.7 Å². The van der Waals surface area contributed by atoms with Crippen LogP contribution in [0.2, 0.25) is 10.0 Å². The van der Waals surface area contributed by atoms with E-state index in [0.717, 1.165) is 5.56 Å². The molecule has 2 rings (SSSR count). The van der Waals surface area contributed by atoms with Crippen molar-refractivity contribution in [2.24, 2.45) is 0 Å². The molecule has 1 atom stereocenters. The molecule has 4 heteroatoms. The molecular weight excluding hydrogens is 293 g/mol. The summed E-state index contributed by atoms with van der Waals surface area (Å²) in [5, 5.41) is 1.15. The van der Waals surface area contributed by atoms with Crippen molar-refractivity contribution in [3.05, 3.63) is 69.7 Å². The van der Waals surface area contributed by atoms with Crippen molar-refractivity contribution in [3.8, 4) is 0 Å². The van der Waals surface area contributed by atoms with E-state index in [2.05, 4.69) is 0 Å². The van der Waals surface area contributed by atoms with Gasteiger partial charge in [-0.15, -0.1) is 0 Å². The number of carbonyl (C=O) groups excluding carboxylic acids is 1. The van der Waals surface area contributed by atoms with Gasteiger partial charge >= 0.3 is 0 Å². The first-order valence-electron chi connectivity index (χ1n) is 6.28. The summed E-state index contributed by atoms with van der Waals surface area (Å²) in [6.07, 6.45) is 0. The van der Waals surface area contributed by atoms with E-state index in [1.165, 1.54) is 0 Å². The van der Waals surface area contributed by atoms with Crippen molar-refractivity contribution >= 4 is 29.1 Å². The maximum atomic E-state index is 12.4. The van der Waals surface area contributed by atoms with Gasteiger partial charge in [-0.1, -0.05) is 47.5 Å². The standard InChI is InChI=1S/C16H15Cl2NO/c1-11(14-9-8-13(17)10-15(14)18)19(2)16(20)12-6-4-3-5-7-12/h3-11H,1-2H3. The van der Waals surface area contributed by atoms with Crippen molar-refractivity contribution in [2.45, 2.75) is 13.0 Å². The minimum Gasteiger partial charge on any atom is -0.335 e. The van der Waals surface area contributed by atoms with Gasteiger partial charge < -0.3 is 4.90 Å². The van der Waals surface area contributed by atoms with Crippen LogP contribution in [-0.2, 0) is 0 Å². The fraction of sp³-hybridized carbons (Fsp3) is 0.188. The molecule has 20 heavy (non-hydrogen) atoms. The Morgan fingerprint density at radius 2 is 1.75 bits per heavy atom. The molecule has 0 fully saturated rings. The molecule has 0 spiro atoms. The lowest BCUT2D eigenvalue weighted by atomic mass is 10.1. The summed E-state index contributed by atoms with van der Waals surface area (Å²) in [6, 6.07) is 14.4. The highest BCUT2D eigenvalue weighted by Gasteiger charge is 2.20. The average Bonchev–Trinajstić information content (AvgIpc) is 2.46. The Hall–Kier alpha value is -1.51. The molecule has 0 saturated carbocycles. The molecule has 0 aliphatic carbocycles. The maximum absolute atomic E-state index is 12.4. The molecule has 0 heterocycles. The van der Waals surface area contributed by atoms with E-state index in [-0.39, 0.29) is 11.9 Å². The van der Waals surface area contributed by atoms with Gasteiger partial charge in [-0.25, -0.2) is 0 Å². The lowest BCUT2D eigenvalue weighted by Gasteiger charge is -2.26. The molecular formula is C16H15Cl2NO. The highest BCUT2D eigenvalue weighted by Crippen LogP contribution is 2.29. The normalized spacial score (nSPS) is 12.0. The number of rotatable bonds is 3. The molecule has 0 saturated heterocycles. The lowest BCUT2D eigenvalue weighted by Crippen LogP contribution is -2.29. The summed E-state index contributed by atoms with van der Waals surface area (Å²) in [4.78, 5) is 14.1. The van der Waals surface area contributed by atoms with E-state index in [4.69, 9.17) is 23.2 Å². The van der Waals surface area contributed by atoms with Crippen LogP contribution in [0.15, 0.2) is 48.5 Å². The predicted molar refractivity (Wildman–Crippen MR) is 83.4 cm³/mol. The van der Waals surface area contributed by atoms with Crippen LogP contribution < -0.4 is 0 Å². The second kappa shape index (κ2) is 6.29. The SMILES string of the molecule is CC(c1ccc(Cl)cc1Cl)N(C)C(=O)c1ccccc1. The summed E-state index contributed by atoms with van der Waals surface area (Å²) in [5.74, 6) is -0.0379. The summed E-state index contributed by atoms with van der Waals surface area (Å²) in [6.45, 7) is 1.94. The molecule has 0 bridgehead atoms. The quantitative estimate of drug-likeness (QED) is 0.795. The van der Waals surface area contributed by atoms with Crippen LogP contribution in [-0.4, -0.2) is 17.9 Å².